The van der Waals surface area contributed by atoms with Gasteiger partial charge in [-0.05, 0) is 43.2 Å². The Hall–Kier alpha value is -2.58. The van der Waals surface area contributed by atoms with E-state index in [9.17, 15) is 4.79 Å². The molecule has 1 aliphatic carbocycles. The van der Waals surface area contributed by atoms with Gasteiger partial charge in [-0.15, -0.1) is 10.2 Å². The van der Waals surface area contributed by atoms with Crippen molar-refractivity contribution < 1.29 is 4.42 Å². The molecule has 0 amide bonds. The molecule has 1 fully saturated rings. The van der Waals surface area contributed by atoms with Gasteiger partial charge in [0.1, 0.15) is 17.4 Å². The molecule has 1 saturated carbocycles. The second-order valence-corrected chi connectivity index (χ2v) is 8.12. The van der Waals surface area contributed by atoms with E-state index in [0.717, 1.165) is 29.6 Å². The summed E-state index contributed by atoms with van der Waals surface area (Å²) in [5, 5.41) is 10.6. The normalized spacial score (nSPS) is 14.0. The number of aromatic amines is 1. The predicted octanol–water partition coefficient (Wildman–Crippen LogP) is 3.98. The van der Waals surface area contributed by atoms with E-state index in [2.05, 4.69) is 24.7 Å². The molecule has 1 aliphatic rings. The molecule has 0 aliphatic heterocycles. The van der Waals surface area contributed by atoms with Gasteiger partial charge in [0.2, 0.25) is 0 Å². The van der Waals surface area contributed by atoms with E-state index in [-0.39, 0.29) is 5.56 Å². The van der Waals surface area contributed by atoms with E-state index in [1.165, 1.54) is 11.8 Å². The SMILES string of the molecule is O=c1[nH]c(CSc2nnc(C3CC3)n2Cc2ccco2)nc2cc(Cl)ccc12. The maximum Gasteiger partial charge on any atom is 0.258 e. The minimum Gasteiger partial charge on any atom is -0.467 e. The molecule has 9 heteroatoms. The maximum absolute atomic E-state index is 12.3. The van der Waals surface area contributed by atoms with Crippen LogP contribution in [0.15, 0.2) is 51.0 Å². The first kappa shape index (κ1) is 17.5. The van der Waals surface area contributed by atoms with Crippen LogP contribution in [0.1, 0.15) is 36.2 Å². The van der Waals surface area contributed by atoms with E-state index in [0.29, 0.717) is 40.0 Å². The number of fused-ring (bicyclic) bond motifs is 1. The number of H-pyrrole nitrogens is 1. The highest BCUT2D eigenvalue weighted by Crippen LogP contribution is 2.40. The maximum atomic E-state index is 12.3. The molecule has 0 atom stereocenters. The topological polar surface area (TPSA) is 89.6 Å². The van der Waals surface area contributed by atoms with Gasteiger partial charge in [0.25, 0.3) is 5.56 Å². The second kappa shape index (κ2) is 7.10. The lowest BCUT2D eigenvalue weighted by Crippen LogP contribution is -2.11. The lowest BCUT2D eigenvalue weighted by Gasteiger charge is -2.08. The fourth-order valence-corrected chi connectivity index (χ4v) is 4.10. The molecule has 28 heavy (non-hydrogen) atoms. The Balaban J connectivity index is 1.42. The zero-order chi connectivity index (χ0) is 19.1. The van der Waals surface area contributed by atoms with Gasteiger partial charge in [0, 0.05) is 10.9 Å². The van der Waals surface area contributed by atoms with Crippen LogP contribution >= 0.6 is 23.4 Å². The lowest BCUT2D eigenvalue weighted by molar-refractivity contribution is 0.478. The number of aromatic nitrogens is 5. The molecule has 1 aromatic carbocycles. The number of hydrogen-bond acceptors (Lipinski definition) is 6. The number of rotatable bonds is 6. The molecular formula is C19H16ClN5O2S. The molecular weight excluding hydrogens is 398 g/mol. The summed E-state index contributed by atoms with van der Waals surface area (Å²) >= 11 is 7.53. The number of nitrogens with one attached hydrogen (secondary N) is 1. The molecule has 1 N–H and O–H groups in total. The van der Waals surface area contributed by atoms with Gasteiger partial charge in [-0.25, -0.2) is 4.98 Å². The monoisotopic (exact) mass is 413 g/mol. The lowest BCUT2D eigenvalue weighted by atomic mass is 10.2. The van der Waals surface area contributed by atoms with Crippen LogP contribution in [0.5, 0.6) is 0 Å². The van der Waals surface area contributed by atoms with E-state index < -0.39 is 0 Å². The number of thioether (sulfide) groups is 1. The van der Waals surface area contributed by atoms with Gasteiger partial charge in [0.05, 0.1) is 29.5 Å². The van der Waals surface area contributed by atoms with Crippen molar-refractivity contribution in [3.05, 3.63) is 69.4 Å². The molecule has 3 aromatic heterocycles. The Morgan fingerprint density at radius 3 is 2.96 bits per heavy atom. The fourth-order valence-electron chi connectivity index (χ4n) is 3.12. The fraction of sp³-hybridized carbons (Fsp3) is 0.263. The molecule has 0 spiro atoms. The summed E-state index contributed by atoms with van der Waals surface area (Å²) in [5.74, 6) is 3.36. The Bertz CT molecular complexity index is 1200. The van der Waals surface area contributed by atoms with Crippen molar-refractivity contribution in [1.82, 2.24) is 24.7 Å². The average molecular weight is 414 g/mol. The molecule has 0 unspecified atom stereocenters. The Labute approximate surface area is 169 Å². The average Bonchev–Trinajstić information content (AvgIpc) is 3.24. The standard InChI is InChI=1S/C19H16ClN5O2S/c20-12-5-6-14-15(8-12)21-16(22-18(14)26)10-28-19-24-23-17(11-3-4-11)25(19)9-13-2-1-7-27-13/h1-2,5-8,11H,3-4,9-10H2,(H,21,22,26). The summed E-state index contributed by atoms with van der Waals surface area (Å²) in [6.45, 7) is 0.589. The summed E-state index contributed by atoms with van der Waals surface area (Å²) in [6, 6.07) is 8.88. The van der Waals surface area contributed by atoms with Gasteiger partial charge in [-0.2, -0.15) is 0 Å². The van der Waals surface area contributed by atoms with Crippen molar-refractivity contribution >= 4 is 34.3 Å². The minimum absolute atomic E-state index is 0.173. The van der Waals surface area contributed by atoms with E-state index >= 15 is 0 Å². The highest BCUT2D eigenvalue weighted by Gasteiger charge is 2.30. The first-order valence-corrected chi connectivity index (χ1v) is 10.3. The van der Waals surface area contributed by atoms with Crippen LogP contribution in [0.2, 0.25) is 5.02 Å². The highest BCUT2D eigenvalue weighted by molar-refractivity contribution is 7.98. The van der Waals surface area contributed by atoms with Crippen molar-refractivity contribution in [3.63, 3.8) is 0 Å². The molecule has 3 heterocycles. The summed E-state index contributed by atoms with van der Waals surface area (Å²) < 4.78 is 7.59. The Morgan fingerprint density at radius 2 is 2.18 bits per heavy atom. The summed E-state index contributed by atoms with van der Waals surface area (Å²) in [6.07, 6.45) is 3.95. The smallest absolute Gasteiger partial charge is 0.258 e. The predicted molar refractivity (Wildman–Crippen MR) is 107 cm³/mol. The van der Waals surface area contributed by atoms with Gasteiger partial charge >= 0.3 is 0 Å². The number of halogens is 1. The molecule has 0 saturated heterocycles. The van der Waals surface area contributed by atoms with E-state index in [4.69, 9.17) is 16.0 Å². The Morgan fingerprint density at radius 1 is 1.29 bits per heavy atom. The number of furan rings is 1. The molecule has 142 valence electrons. The van der Waals surface area contributed by atoms with Crippen molar-refractivity contribution in [2.24, 2.45) is 0 Å². The quantitative estimate of drug-likeness (QED) is 0.481. The Kier molecular flexibility index (Phi) is 4.44. The van der Waals surface area contributed by atoms with Gasteiger partial charge in [-0.3, -0.25) is 9.36 Å². The molecule has 5 rings (SSSR count). The third-order valence-electron chi connectivity index (χ3n) is 4.64. The minimum atomic E-state index is -0.173. The van der Waals surface area contributed by atoms with Crippen molar-refractivity contribution in [2.75, 3.05) is 0 Å². The molecule has 0 radical (unpaired) electrons. The van der Waals surface area contributed by atoms with Crippen LogP contribution in [0.25, 0.3) is 10.9 Å². The van der Waals surface area contributed by atoms with Crippen LogP contribution < -0.4 is 5.56 Å². The van der Waals surface area contributed by atoms with Crippen LogP contribution in [0, 0.1) is 0 Å². The summed E-state index contributed by atoms with van der Waals surface area (Å²) in [4.78, 5) is 19.7. The molecule has 0 bridgehead atoms. The van der Waals surface area contributed by atoms with Crippen molar-refractivity contribution in [3.8, 4) is 0 Å². The largest absolute Gasteiger partial charge is 0.467 e. The van der Waals surface area contributed by atoms with Gasteiger partial charge in [-0.1, -0.05) is 23.4 Å². The van der Waals surface area contributed by atoms with Crippen LogP contribution in [-0.4, -0.2) is 24.7 Å². The first-order valence-electron chi connectivity index (χ1n) is 8.94. The third kappa shape index (κ3) is 3.45. The van der Waals surface area contributed by atoms with E-state index in [1.807, 2.05) is 12.1 Å². The van der Waals surface area contributed by atoms with Crippen molar-refractivity contribution in [2.45, 2.75) is 36.2 Å². The number of benzene rings is 1. The number of hydrogen-bond donors (Lipinski definition) is 1. The zero-order valence-electron chi connectivity index (χ0n) is 14.8. The van der Waals surface area contributed by atoms with Crippen LogP contribution in [0.4, 0.5) is 0 Å². The molecule has 7 nitrogen and oxygen atoms in total. The van der Waals surface area contributed by atoms with E-state index in [1.54, 1.807) is 24.5 Å². The molecule has 4 aromatic rings. The van der Waals surface area contributed by atoms with Crippen molar-refractivity contribution in [1.29, 1.82) is 0 Å². The first-order chi connectivity index (χ1) is 13.7. The summed E-state index contributed by atoms with van der Waals surface area (Å²) in [5.41, 5.74) is 0.413. The zero-order valence-corrected chi connectivity index (χ0v) is 16.3. The number of nitrogens with zero attached hydrogens (tertiary/aromatic N) is 4. The van der Waals surface area contributed by atoms with Gasteiger partial charge in [0.15, 0.2) is 5.16 Å². The van der Waals surface area contributed by atoms with Gasteiger partial charge < -0.3 is 9.40 Å². The van der Waals surface area contributed by atoms with Crippen LogP contribution in [-0.2, 0) is 12.3 Å². The van der Waals surface area contributed by atoms with Crippen LogP contribution in [0.3, 0.4) is 0 Å². The third-order valence-corrected chi connectivity index (χ3v) is 5.85. The highest BCUT2D eigenvalue weighted by atomic mass is 35.5. The second-order valence-electron chi connectivity index (χ2n) is 6.74. The summed E-state index contributed by atoms with van der Waals surface area (Å²) in [7, 11) is 0.